The van der Waals surface area contributed by atoms with Crippen molar-refractivity contribution in [1.82, 2.24) is 10.3 Å². The number of amides is 1. The largest absolute Gasteiger partial charge is 0.371 e. The fourth-order valence-corrected chi connectivity index (χ4v) is 3.51. The van der Waals surface area contributed by atoms with Crippen molar-refractivity contribution in [3.63, 3.8) is 0 Å². The number of thiazole rings is 1. The molecule has 1 aliphatic heterocycles. The molecule has 3 rings (SSSR count). The fraction of sp³-hybridized carbons (Fsp3) is 0.333. The number of aromatic nitrogens is 1. The third kappa shape index (κ3) is 4.58. The lowest BCUT2D eigenvalue weighted by molar-refractivity contribution is -0.116. The minimum Gasteiger partial charge on any atom is -0.371 e. The maximum atomic E-state index is 11.9. The van der Waals surface area contributed by atoms with E-state index < -0.39 is 0 Å². The van der Waals surface area contributed by atoms with Crippen LogP contribution in [0, 0.1) is 12.8 Å². The van der Waals surface area contributed by atoms with Gasteiger partial charge in [-0.3, -0.25) is 4.79 Å². The van der Waals surface area contributed by atoms with Crippen molar-refractivity contribution in [2.24, 2.45) is 5.92 Å². The molecule has 2 heterocycles. The molecule has 1 atom stereocenters. The van der Waals surface area contributed by atoms with E-state index in [4.69, 9.17) is 11.6 Å². The zero-order valence-electron chi connectivity index (χ0n) is 13.5. The topological polar surface area (TPSA) is 45.2 Å². The van der Waals surface area contributed by atoms with Gasteiger partial charge in [0, 0.05) is 41.8 Å². The highest BCUT2D eigenvalue weighted by Gasteiger charge is 2.22. The first kappa shape index (κ1) is 17.0. The van der Waals surface area contributed by atoms with Crippen LogP contribution in [0.4, 0.5) is 5.69 Å². The second kappa shape index (κ2) is 7.81. The molecule has 0 aliphatic carbocycles. The van der Waals surface area contributed by atoms with Crippen LogP contribution in [0.3, 0.4) is 0 Å². The normalized spacial score (nSPS) is 17.6. The molecule has 126 valence electrons. The highest BCUT2D eigenvalue weighted by molar-refractivity contribution is 7.09. The maximum Gasteiger partial charge on any atom is 0.244 e. The number of anilines is 1. The first-order valence-electron chi connectivity index (χ1n) is 7.99. The van der Waals surface area contributed by atoms with Gasteiger partial charge in [-0.15, -0.1) is 11.3 Å². The second-order valence-corrected chi connectivity index (χ2v) is 7.45. The van der Waals surface area contributed by atoms with Crippen LogP contribution in [0.25, 0.3) is 6.08 Å². The molecule has 4 nitrogen and oxygen atoms in total. The average molecular weight is 362 g/mol. The summed E-state index contributed by atoms with van der Waals surface area (Å²) in [5.74, 6) is 0.408. The third-order valence-corrected chi connectivity index (χ3v) is 5.13. The van der Waals surface area contributed by atoms with E-state index in [0.717, 1.165) is 35.2 Å². The van der Waals surface area contributed by atoms with E-state index in [1.165, 1.54) is 5.69 Å². The number of benzene rings is 1. The van der Waals surface area contributed by atoms with Crippen LogP contribution < -0.4 is 10.2 Å². The van der Waals surface area contributed by atoms with Gasteiger partial charge in [-0.05, 0) is 49.6 Å². The lowest BCUT2D eigenvalue weighted by Crippen LogP contribution is -2.29. The van der Waals surface area contributed by atoms with Crippen molar-refractivity contribution in [1.29, 1.82) is 0 Å². The van der Waals surface area contributed by atoms with Gasteiger partial charge in [-0.25, -0.2) is 4.98 Å². The second-order valence-electron chi connectivity index (χ2n) is 5.95. The van der Waals surface area contributed by atoms with Crippen molar-refractivity contribution >= 4 is 40.6 Å². The Balaban J connectivity index is 1.45. The number of hydrogen-bond donors (Lipinski definition) is 1. The Morgan fingerprint density at radius 3 is 2.96 bits per heavy atom. The van der Waals surface area contributed by atoms with Crippen molar-refractivity contribution in [2.45, 2.75) is 13.3 Å². The lowest BCUT2D eigenvalue weighted by atomic mass is 10.1. The van der Waals surface area contributed by atoms with Gasteiger partial charge >= 0.3 is 0 Å². The first-order valence-corrected chi connectivity index (χ1v) is 9.24. The van der Waals surface area contributed by atoms with E-state index in [9.17, 15) is 4.79 Å². The van der Waals surface area contributed by atoms with Crippen molar-refractivity contribution in [3.05, 3.63) is 51.4 Å². The molecule has 1 unspecified atom stereocenters. The van der Waals surface area contributed by atoms with Crippen LogP contribution >= 0.6 is 22.9 Å². The Kier molecular flexibility index (Phi) is 5.53. The molecule has 24 heavy (non-hydrogen) atoms. The predicted molar refractivity (Wildman–Crippen MR) is 101 cm³/mol. The summed E-state index contributed by atoms with van der Waals surface area (Å²) >= 11 is 7.51. The number of nitrogens with zero attached hydrogens (tertiary/aromatic N) is 2. The summed E-state index contributed by atoms with van der Waals surface area (Å²) in [5, 5.41) is 6.69. The van der Waals surface area contributed by atoms with E-state index in [-0.39, 0.29) is 5.91 Å². The molecule has 1 saturated heterocycles. The summed E-state index contributed by atoms with van der Waals surface area (Å²) < 4.78 is 0. The fourth-order valence-electron chi connectivity index (χ4n) is 2.81. The molecule has 1 fully saturated rings. The van der Waals surface area contributed by atoms with Gasteiger partial charge in [0.2, 0.25) is 5.91 Å². The molecular formula is C18H20ClN3OS. The maximum absolute atomic E-state index is 11.9. The van der Waals surface area contributed by atoms with E-state index in [2.05, 4.69) is 15.2 Å². The zero-order valence-corrected chi connectivity index (χ0v) is 15.1. The number of rotatable bonds is 5. The van der Waals surface area contributed by atoms with Crippen LogP contribution in [-0.4, -0.2) is 30.5 Å². The molecule has 1 amide bonds. The molecule has 1 aromatic carbocycles. The van der Waals surface area contributed by atoms with Crippen LogP contribution in [0.2, 0.25) is 5.02 Å². The summed E-state index contributed by atoms with van der Waals surface area (Å²) in [5.41, 5.74) is 2.02. The number of hydrogen-bond acceptors (Lipinski definition) is 4. The quantitative estimate of drug-likeness (QED) is 0.825. The number of carbonyl (C=O) groups excluding carboxylic acids is 1. The summed E-state index contributed by atoms with van der Waals surface area (Å²) in [4.78, 5) is 18.6. The number of carbonyl (C=O) groups is 1. The van der Waals surface area contributed by atoms with Gasteiger partial charge in [0.25, 0.3) is 0 Å². The standard InChI is InChI=1S/C18H20ClN3OS/c1-13-21-16(12-24-13)4-7-18(23)20-10-14-8-9-22(11-14)17-5-2-15(19)3-6-17/h2-7,12,14H,8-11H2,1H3,(H,20,23)/b7-4+. The van der Waals surface area contributed by atoms with Crippen LogP contribution in [0.5, 0.6) is 0 Å². The summed E-state index contributed by atoms with van der Waals surface area (Å²) in [6.45, 7) is 4.62. The lowest BCUT2D eigenvalue weighted by Gasteiger charge is -2.18. The molecule has 0 radical (unpaired) electrons. The van der Waals surface area contributed by atoms with E-state index in [1.54, 1.807) is 23.5 Å². The van der Waals surface area contributed by atoms with Gasteiger partial charge in [0.15, 0.2) is 0 Å². The smallest absolute Gasteiger partial charge is 0.244 e. The van der Waals surface area contributed by atoms with Crippen LogP contribution in [-0.2, 0) is 4.79 Å². The molecule has 1 N–H and O–H groups in total. The van der Waals surface area contributed by atoms with Gasteiger partial charge in [-0.1, -0.05) is 11.6 Å². The predicted octanol–water partition coefficient (Wildman–Crippen LogP) is 3.76. The summed E-state index contributed by atoms with van der Waals surface area (Å²) in [6, 6.07) is 7.91. The Morgan fingerprint density at radius 2 is 2.25 bits per heavy atom. The highest BCUT2D eigenvalue weighted by atomic mass is 35.5. The van der Waals surface area contributed by atoms with E-state index in [0.29, 0.717) is 12.5 Å². The minimum absolute atomic E-state index is 0.0643. The molecule has 1 aromatic heterocycles. The zero-order chi connectivity index (χ0) is 16.9. The Bertz CT molecular complexity index is 726. The average Bonchev–Trinajstić information content (AvgIpc) is 3.21. The van der Waals surface area contributed by atoms with E-state index >= 15 is 0 Å². The molecule has 1 aliphatic rings. The highest BCUT2D eigenvalue weighted by Crippen LogP contribution is 2.24. The molecule has 0 bridgehead atoms. The summed E-state index contributed by atoms with van der Waals surface area (Å²) in [6.07, 6.45) is 4.39. The van der Waals surface area contributed by atoms with Gasteiger partial charge in [0.1, 0.15) is 0 Å². The molecule has 6 heteroatoms. The SMILES string of the molecule is Cc1nc(/C=C/C(=O)NCC2CCN(c3ccc(Cl)cc3)C2)cs1. The third-order valence-electron chi connectivity index (χ3n) is 4.08. The number of halogens is 1. The Morgan fingerprint density at radius 1 is 1.46 bits per heavy atom. The Hall–Kier alpha value is -1.85. The van der Waals surface area contributed by atoms with Gasteiger partial charge in [0.05, 0.1) is 10.7 Å². The minimum atomic E-state index is -0.0643. The molecule has 2 aromatic rings. The molecular weight excluding hydrogens is 342 g/mol. The van der Waals surface area contributed by atoms with Crippen LogP contribution in [0.1, 0.15) is 17.1 Å². The molecule has 0 saturated carbocycles. The molecule has 0 spiro atoms. The van der Waals surface area contributed by atoms with Gasteiger partial charge < -0.3 is 10.2 Å². The summed E-state index contributed by atoms with van der Waals surface area (Å²) in [7, 11) is 0. The van der Waals surface area contributed by atoms with Crippen molar-refractivity contribution < 1.29 is 4.79 Å². The number of nitrogens with one attached hydrogen (secondary N) is 1. The van der Waals surface area contributed by atoms with Gasteiger partial charge in [-0.2, -0.15) is 0 Å². The number of aryl methyl sites for hydroxylation is 1. The van der Waals surface area contributed by atoms with Crippen molar-refractivity contribution in [3.8, 4) is 0 Å². The first-order chi connectivity index (χ1) is 11.6. The monoisotopic (exact) mass is 361 g/mol. The van der Waals surface area contributed by atoms with Crippen molar-refractivity contribution in [2.75, 3.05) is 24.5 Å². The van der Waals surface area contributed by atoms with Crippen LogP contribution in [0.15, 0.2) is 35.7 Å². The van der Waals surface area contributed by atoms with E-state index in [1.807, 2.05) is 36.6 Å². The Labute approximate surface area is 151 Å².